The van der Waals surface area contributed by atoms with Crippen molar-refractivity contribution in [3.05, 3.63) is 51.2 Å². The van der Waals surface area contributed by atoms with Crippen LogP contribution in [-0.2, 0) is 11.3 Å². The molecule has 1 aliphatic heterocycles. The number of nitrogens with one attached hydrogen (secondary N) is 3. The molecule has 1 atom stereocenters. The molecule has 0 bridgehead atoms. The molecule has 3 N–H and O–H groups in total. The normalized spacial score (nSPS) is 16.4. The van der Waals surface area contributed by atoms with E-state index in [1.54, 1.807) is 29.5 Å². The molecule has 1 aliphatic rings. The Morgan fingerprint density at radius 3 is 2.92 bits per heavy atom. The minimum Gasteiger partial charge on any atom is -0.347 e. The number of benzene rings is 1. The lowest BCUT2D eigenvalue weighted by molar-refractivity contribution is -0.116. The van der Waals surface area contributed by atoms with Crippen LogP contribution >= 0.6 is 22.9 Å². The van der Waals surface area contributed by atoms with Gasteiger partial charge in [-0.25, -0.2) is 0 Å². The van der Waals surface area contributed by atoms with Gasteiger partial charge in [0.1, 0.15) is 0 Å². The lowest BCUT2D eigenvalue weighted by Crippen LogP contribution is -2.23. The Hall–Kier alpha value is -1.89. The topological polar surface area (TPSA) is 70.2 Å². The predicted molar refractivity (Wildman–Crippen MR) is 106 cm³/mol. The fourth-order valence-electron chi connectivity index (χ4n) is 2.97. The van der Waals surface area contributed by atoms with Gasteiger partial charge < -0.3 is 16.0 Å². The Kier molecular flexibility index (Phi) is 6.66. The van der Waals surface area contributed by atoms with E-state index in [0.717, 1.165) is 30.8 Å². The number of thiophene rings is 1. The highest BCUT2D eigenvalue weighted by molar-refractivity contribution is 7.09. The van der Waals surface area contributed by atoms with Crippen LogP contribution in [0.1, 0.15) is 34.5 Å². The van der Waals surface area contributed by atoms with Gasteiger partial charge in [0.15, 0.2) is 0 Å². The van der Waals surface area contributed by atoms with Gasteiger partial charge >= 0.3 is 0 Å². The van der Waals surface area contributed by atoms with Crippen molar-refractivity contribution < 1.29 is 9.59 Å². The van der Waals surface area contributed by atoms with Crippen molar-refractivity contribution in [3.63, 3.8) is 0 Å². The summed E-state index contributed by atoms with van der Waals surface area (Å²) < 4.78 is 0. The first kappa shape index (κ1) is 18.9. The van der Waals surface area contributed by atoms with E-state index in [-0.39, 0.29) is 11.8 Å². The van der Waals surface area contributed by atoms with Gasteiger partial charge in [-0.2, -0.15) is 0 Å². The van der Waals surface area contributed by atoms with Gasteiger partial charge in [0.05, 0.1) is 17.1 Å². The molecule has 1 aromatic heterocycles. The Morgan fingerprint density at radius 1 is 1.31 bits per heavy atom. The van der Waals surface area contributed by atoms with E-state index in [1.807, 2.05) is 17.5 Å². The number of hydrogen-bond acceptors (Lipinski definition) is 4. The maximum absolute atomic E-state index is 12.4. The first-order valence-electron chi connectivity index (χ1n) is 8.72. The van der Waals surface area contributed by atoms with Crippen LogP contribution < -0.4 is 16.0 Å². The maximum atomic E-state index is 12.4. The van der Waals surface area contributed by atoms with Gasteiger partial charge in [-0.05, 0) is 61.5 Å². The molecule has 0 aliphatic carbocycles. The SMILES string of the molecule is O=C(CCC1CCNC1)Nc1ccc(Cl)c(C(=O)NCc2cccs2)c1. The standard InChI is InChI=1S/C19H22ClN3O2S/c20-17-5-4-14(23-18(24)6-3-13-7-8-21-11-13)10-16(17)19(25)22-12-15-2-1-9-26-15/h1-2,4-5,9-10,13,21H,3,6-8,11-12H2,(H,22,25)(H,23,24). The third-order valence-corrected chi connectivity index (χ3v) is 5.65. The second kappa shape index (κ2) is 9.16. The van der Waals surface area contributed by atoms with Gasteiger partial charge in [0.25, 0.3) is 5.91 Å². The van der Waals surface area contributed by atoms with Gasteiger partial charge in [-0.3, -0.25) is 9.59 Å². The molecule has 1 saturated heterocycles. The molecule has 2 amide bonds. The smallest absolute Gasteiger partial charge is 0.253 e. The average molecular weight is 392 g/mol. The zero-order chi connectivity index (χ0) is 18.4. The lowest BCUT2D eigenvalue weighted by Gasteiger charge is -2.11. The number of hydrogen-bond donors (Lipinski definition) is 3. The third kappa shape index (κ3) is 5.30. The van der Waals surface area contributed by atoms with Gasteiger partial charge in [0.2, 0.25) is 5.91 Å². The van der Waals surface area contributed by atoms with Crippen LogP contribution in [0.25, 0.3) is 0 Å². The monoisotopic (exact) mass is 391 g/mol. The second-order valence-corrected chi connectivity index (χ2v) is 7.84. The van der Waals surface area contributed by atoms with Crippen LogP contribution in [0, 0.1) is 5.92 Å². The van der Waals surface area contributed by atoms with Crippen molar-refractivity contribution in [2.45, 2.75) is 25.8 Å². The Labute approximate surface area is 162 Å². The predicted octanol–water partition coefficient (Wildman–Crippen LogP) is 3.66. The zero-order valence-electron chi connectivity index (χ0n) is 14.4. The molecule has 1 fully saturated rings. The molecule has 1 unspecified atom stereocenters. The number of halogens is 1. The van der Waals surface area contributed by atoms with Crippen molar-refractivity contribution in [1.82, 2.24) is 10.6 Å². The molecule has 0 spiro atoms. The molecule has 138 valence electrons. The minimum atomic E-state index is -0.253. The summed E-state index contributed by atoms with van der Waals surface area (Å²) in [6.07, 6.45) is 2.48. The fraction of sp³-hybridized carbons (Fsp3) is 0.368. The molecule has 5 nitrogen and oxygen atoms in total. The van der Waals surface area contributed by atoms with Crippen LogP contribution in [0.3, 0.4) is 0 Å². The lowest BCUT2D eigenvalue weighted by atomic mass is 10.0. The Bertz CT molecular complexity index is 758. The Morgan fingerprint density at radius 2 is 2.19 bits per heavy atom. The van der Waals surface area contributed by atoms with E-state index in [4.69, 9.17) is 11.6 Å². The third-order valence-electron chi connectivity index (χ3n) is 4.44. The summed E-state index contributed by atoms with van der Waals surface area (Å²) in [6, 6.07) is 8.88. The molecule has 0 saturated carbocycles. The van der Waals surface area contributed by atoms with Crippen LogP contribution in [0.15, 0.2) is 35.7 Å². The van der Waals surface area contributed by atoms with Gasteiger partial charge in [-0.15, -0.1) is 11.3 Å². The zero-order valence-corrected chi connectivity index (χ0v) is 16.0. The molecule has 7 heteroatoms. The number of carbonyl (C=O) groups is 2. The molecular weight excluding hydrogens is 370 g/mol. The summed E-state index contributed by atoms with van der Waals surface area (Å²) >= 11 is 7.74. The van der Waals surface area contributed by atoms with Crippen LogP contribution in [0.5, 0.6) is 0 Å². The molecule has 26 heavy (non-hydrogen) atoms. The van der Waals surface area contributed by atoms with Crippen LogP contribution in [-0.4, -0.2) is 24.9 Å². The fourth-order valence-corrected chi connectivity index (χ4v) is 3.82. The number of carbonyl (C=O) groups excluding carboxylic acids is 2. The summed E-state index contributed by atoms with van der Waals surface area (Å²) in [4.78, 5) is 25.6. The van der Waals surface area contributed by atoms with Crippen molar-refractivity contribution in [2.75, 3.05) is 18.4 Å². The molecule has 0 radical (unpaired) electrons. The second-order valence-electron chi connectivity index (χ2n) is 6.40. The van der Waals surface area contributed by atoms with Crippen molar-refractivity contribution in [1.29, 1.82) is 0 Å². The highest BCUT2D eigenvalue weighted by atomic mass is 35.5. The molecule has 2 heterocycles. The van der Waals surface area contributed by atoms with Gasteiger partial charge in [-0.1, -0.05) is 17.7 Å². The molecule has 3 rings (SSSR count). The van der Waals surface area contributed by atoms with Gasteiger partial charge in [0, 0.05) is 17.0 Å². The average Bonchev–Trinajstić information content (AvgIpc) is 3.33. The summed E-state index contributed by atoms with van der Waals surface area (Å²) in [5.74, 6) is 0.283. The van der Waals surface area contributed by atoms with E-state index in [0.29, 0.717) is 35.2 Å². The minimum absolute atomic E-state index is 0.0378. The van der Waals surface area contributed by atoms with E-state index in [1.165, 1.54) is 0 Å². The summed E-state index contributed by atoms with van der Waals surface area (Å²) in [5.41, 5.74) is 0.950. The quantitative estimate of drug-likeness (QED) is 0.674. The number of amides is 2. The summed E-state index contributed by atoms with van der Waals surface area (Å²) in [7, 11) is 0. The van der Waals surface area contributed by atoms with Crippen molar-refractivity contribution in [2.24, 2.45) is 5.92 Å². The van der Waals surface area contributed by atoms with Crippen molar-refractivity contribution >= 4 is 40.4 Å². The molecule has 1 aromatic carbocycles. The van der Waals surface area contributed by atoms with E-state index in [9.17, 15) is 9.59 Å². The number of rotatable bonds is 7. The van der Waals surface area contributed by atoms with E-state index in [2.05, 4.69) is 16.0 Å². The highest BCUT2D eigenvalue weighted by Crippen LogP contribution is 2.22. The van der Waals surface area contributed by atoms with Crippen LogP contribution in [0.2, 0.25) is 5.02 Å². The first-order valence-corrected chi connectivity index (χ1v) is 9.98. The molecule has 2 aromatic rings. The Balaban J connectivity index is 1.55. The largest absolute Gasteiger partial charge is 0.347 e. The summed E-state index contributed by atoms with van der Waals surface area (Å²) in [5, 5.41) is 11.3. The van der Waals surface area contributed by atoms with E-state index >= 15 is 0 Å². The van der Waals surface area contributed by atoms with E-state index < -0.39 is 0 Å². The maximum Gasteiger partial charge on any atom is 0.253 e. The highest BCUT2D eigenvalue weighted by Gasteiger charge is 2.16. The van der Waals surface area contributed by atoms with Crippen LogP contribution in [0.4, 0.5) is 5.69 Å². The van der Waals surface area contributed by atoms with Crippen molar-refractivity contribution in [3.8, 4) is 0 Å². The number of anilines is 1. The summed E-state index contributed by atoms with van der Waals surface area (Å²) in [6.45, 7) is 2.48. The first-order chi connectivity index (χ1) is 12.6. The molecular formula is C19H22ClN3O2S.